The second kappa shape index (κ2) is 5.20. The first kappa shape index (κ1) is 11.3. The van der Waals surface area contributed by atoms with Crippen molar-refractivity contribution in [2.24, 2.45) is 0 Å². The molecule has 2 aromatic rings. The Balaban J connectivity index is 1.98. The van der Waals surface area contributed by atoms with Crippen LogP contribution in [-0.2, 0) is 0 Å². The monoisotopic (exact) mass is 234 g/mol. The summed E-state index contributed by atoms with van der Waals surface area (Å²) in [5, 5.41) is 10.2. The summed E-state index contributed by atoms with van der Waals surface area (Å²) in [6.45, 7) is 2.78. The molecule has 0 unspecified atom stereocenters. The minimum absolute atomic E-state index is 0.0374. The van der Waals surface area contributed by atoms with Crippen LogP contribution in [-0.4, -0.2) is 16.8 Å². The quantitative estimate of drug-likeness (QED) is 0.824. The van der Waals surface area contributed by atoms with Crippen LogP contribution in [0.15, 0.2) is 28.7 Å². The third kappa shape index (κ3) is 3.10. The molecule has 1 aromatic heterocycles. The molecule has 0 aliphatic carbocycles. The first-order chi connectivity index (χ1) is 8.28. The highest BCUT2D eigenvalue weighted by Crippen LogP contribution is 2.19. The van der Waals surface area contributed by atoms with Crippen LogP contribution in [0.25, 0.3) is 0 Å². The molecule has 0 saturated carbocycles. The van der Waals surface area contributed by atoms with Crippen LogP contribution in [0.2, 0.25) is 0 Å². The second-order valence-corrected chi connectivity index (χ2v) is 3.44. The van der Waals surface area contributed by atoms with Crippen molar-refractivity contribution in [3.8, 4) is 5.75 Å². The molecular formula is C11H14N4O2. The molecule has 90 valence electrons. The number of rotatable bonds is 5. The van der Waals surface area contributed by atoms with E-state index in [4.69, 9.17) is 14.9 Å². The zero-order valence-corrected chi connectivity index (χ0v) is 9.51. The van der Waals surface area contributed by atoms with Gasteiger partial charge < -0.3 is 20.2 Å². The van der Waals surface area contributed by atoms with Gasteiger partial charge in [0.15, 0.2) is 0 Å². The number of hydrogen-bond acceptors (Lipinski definition) is 6. The van der Waals surface area contributed by atoms with Gasteiger partial charge in [-0.3, -0.25) is 0 Å². The van der Waals surface area contributed by atoms with Crippen LogP contribution in [0.4, 0.5) is 17.7 Å². The lowest BCUT2D eigenvalue weighted by Gasteiger charge is -2.05. The topological polar surface area (TPSA) is 86.2 Å². The lowest BCUT2D eigenvalue weighted by molar-refractivity contribution is 0.317. The van der Waals surface area contributed by atoms with Crippen LogP contribution in [0.3, 0.4) is 0 Å². The van der Waals surface area contributed by atoms with Gasteiger partial charge in [-0.25, -0.2) is 0 Å². The molecule has 0 aliphatic rings. The number of nitrogens with one attached hydrogen (secondary N) is 1. The van der Waals surface area contributed by atoms with E-state index in [0.29, 0.717) is 6.61 Å². The van der Waals surface area contributed by atoms with E-state index in [-0.39, 0.29) is 12.0 Å². The van der Waals surface area contributed by atoms with Crippen molar-refractivity contribution in [2.75, 3.05) is 17.7 Å². The Morgan fingerprint density at radius 1 is 1.29 bits per heavy atom. The van der Waals surface area contributed by atoms with Gasteiger partial charge in [0, 0.05) is 5.69 Å². The highest BCUT2D eigenvalue weighted by atomic mass is 16.5. The smallest absolute Gasteiger partial charge is 0.321 e. The first-order valence-electron chi connectivity index (χ1n) is 5.37. The van der Waals surface area contributed by atoms with Crippen LogP contribution in [0.5, 0.6) is 5.75 Å². The number of nitrogens with two attached hydrogens (primary N) is 1. The molecule has 0 atom stereocenters. The summed E-state index contributed by atoms with van der Waals surface area (Å²) >= 11 is 0. The summed E-state index contributed by atoms with van der Waals surface area (Å²) in [6.07, 6.45) is 0.987. The maximum atomic E-state index is 5.47. The summed E-state index contributed by atoms with van der Waals surface area (Å²) in [7, 11) is 0. The second-order valence-electron chi connectivity index (χ2n) is 3.44. The summed E-state index contributed by atoms with van der Waals surface area (Å²) in [6, 6.07) is 7.78. The zero-order chi connectivity index (χ0) is 12.1. The van der Waals surface area contributed by atoms with E-state index in [1.54, 1.807) is 0 Å². The van der Waals surface area contributed by atoms with E-state index in [1.807, 2.05) is 24.3 Å². The molecule has 0 saturated heterocycles. The van der Waals surface area contributed by atoms with E-state index in [0.717, 1.165) is 17.9 Å². The van der Waals surface area contributed by atoms with Crippen LogP contribution in [0.1, 0.15) is 13.3 Å². The summed E-state index contributed by atoms with van der Waals surface area (Å²) < 4.78 is 10.5. The van der Waals surface area contributed by atoms with E-state index < -0.39 is 0 Å². The summed E-state index contributed by atoms with van der Waals surface area (Å²) in [4.78, 5) is 0. The molecule has 2 rings (SSSR count). The zero-order valence-electron chi connectivity index (χ0n) is 9.51. The van der Waals surface area contributed by atoms with Crippen molar-refractivity contribution in [3.05, 3.63) is 24.3 Å². The average Bonchev–Trinajstić information content (AvgIpc) is 2.74. The predicted octanol–water partition coefficient (Wildman–Crippen LogP) is 2.18. The molecule has 0 aliphatic heterocycles. The third-order valence-corrected chi connectivity index (χ3v) is 2.02. The Kier molecular flexibility index (Phi) is 3.44. The minimum Gasteiger partial charge on any atom is -0.494 e. The molecule has 0 amide bonds. The normalized spacial score (nSPS) is 10.2. The Morgan fingerprint density at radius 2 is 2.06 bits per heavy atom. The molecule has 1 heterocycles. The van der Waals surface area contributed by atoms with Gasteiger partial charge in [-0.1, -0.05) is 17.1 Å². The van der Waals surface area contributed by atoms with Gasteiger partial charge in [0.25, 0.3) is 0 Å². The van der Waals surface area contributed by atoms with E-state index in [9.17, 15) is 0 Å². The fourth-order valence-electron chi connectivity index (χ4n) is 1.26. The number of anilines is 3. The van der Waals surface area contributed by atoms with Crippen LogP contribution < -0.4 is 15.8 Å². The Bertz CT molecular complexity index is 467. The van der Waals surface area contributed by atoms with Crippen LogP contribution >= 0.6 is 0 Å². The fourth-order valence-corrected chi connectivity index (χ4v) is 1.26. The summed E-state index contributed by atoms with van der Waals surface area (Å²) in [5.74, 6) is 0.836. The van der Waals surface area contributed by atoms with Crippen LogP contribution in [0, 0.1) is 0 Å². The van der Waals surface area contributed by atoms with Crippen molar-refractivity contribution in [1.82, 2.24) is 10.2 Å². The number of ether oxygens (including phenoxy) is 1. The Morgan fingerprint density at radius 3 is 2.65 bits per heavy atom. The number of hydrogen-bond donors (Lipinski definition) is 2. The standard InChI is InChI=1S/C11H14N4O2/c1-2-7-16-9-5-3-8(4-6-9)13-11-15-14-10(12)17-11/h3-6H,2,7H2,1H3,(H2,12,14)(H,13,15). The van der Waals surface area contributed by atoms with Crippen molar-refractivity contribution in [3.63, 3.8) is 0 Å². The molecule has 6 heteroatoms. The van der Waals surface area contributed by atoms with Gasteiger partial charge in [0.05, 0.1) is 6.61 Å². The minimum atomic E-state index is 0.0374. The molecule has 6 nitrogen and oxygen atoms in total. The summed E-state index contributed by atoms with van der Waals surface area (Å²) in [5.41, 5.74) is 6.14. The molecular weight excluding hydrogens is 220 g/mol. The Labute approximate surface area is 98.8 Å². The van der Waals surface area contributed by atoms with E-state index in [2.05, 4.69) is 22.4 Å². The van der Waals surface area contributed by atoms with Gasteiger partial charge >= 0.3 is 12.0 Å². The van der Waals surface area contributed by atoms with Gasteiger partial charge in [-0.15, -0.1) is 0 Å². The fraction of sp³-hybridized carbons (Fsp3) is 0.273. The highest BCUT2D eigenvalue weighted by molar-refractivity contribution is 5.53. The van der Waals surface area contributed by atoms with Crippen molar-refractivity contribution >= 4 is 17.7 Å². The molecule has 1 aromatic carbocycles. The maximum absolute atomic E-state index is 5.47. The number of nitrogen functional groups attached to an aromatic ring is 1. The van der Waals surface area contributed by atoms with Crippen molar-refractivity contribution < 1.29 is 9.15 Å². The highest BCUT2D eigenvalue weighted by Gasteiger charge is 2.02. The van der Waals surface area contributed by atoms with Crippen molar-refractivity contribution in [2.45, 2.75) is 13.3 Å². The Hall–Kier alpha value is -2.24. The number of nitrogens with zero attached hydrogens (tertiary/aromatic N) is 2. The van der Waals surface area contributed by atoms with E-state index in [1.165, 1.54) is 0 Å². The molecule has 0 radical (unpaired) electrons. The first-order valence-corrected chi connectivity index (χ1v) is 5.37. The van der Waals surface area contributed by atoms with Crippen molar-refractivity contribution in [1.29, 1.82) is 0 Å². The maximum Gasteiger partial charge on any atom is 0.321 e. The van der Waals surface area contributed by atoms with Gasteiger partial charge in [-0.2, -0.15) is 0 Å². The molecule has 17 heavy (non-hydrogen) atoms. The molecule has 3 N–H and O–H groups in total. The predicted molar refractivity (Wildman–Crippen MR) is 64.2 cm³/mol. The number of aromatic nitrogens is 2. The molecule has 0 fully saturated rings. The lowest BCUT2D eigenvalue weighted by Crippen LogP contribution is -1.95. The molecule has 0 spiro atoms. The SMILES string of the molecule is CCCOc1ccc(Nc2nnc(N)o2)cc1. The third-order valence-electron chi connectivity index (χ3n) is 2.02. The largest absolute Gasteiger partial charge is 0.494 e. The van der Waals surface area contributed by atoms with Gasteiger partial charge in [0.2, 0.25) is 0 Å². The van der Waals surface area contributed by atoms with Gasteiger partial charge in [-0.05, 0) is 30.7 Å². The lowest BCUT2D eigenvalue weighted by atomic mass is 10.3. The van der Waals surface area contributed by atoms with E-state index >= 15 is 0 Å². The molecule has 0 bridgehead atoms. The number of benzene rings is 1. The average molecular weight is 234 g/mol. The van der Waals surface area contributed by atoms with Gasteiger partial charge in [0.1, 0.15) is 5.75 Å².